The number of hydrogen-bond acceptors (Lipinski definition) is 5. The van der Waals surface area contributed by atoms with Gasteiger partial charge in [-0.1, -0.05) is 42.5 Å². The summed E-state index contributed by atoms with van der Waals surface area (Å²) in [6.45, 7) is 5.20. The molecule has 1 aromatic heterocycles. The maximum absolute atomic E-state index is 13.7. The van der Waals surface area contributed by atoms with E-state index in [0.29, 0.717) is 17.1 Å². The molecule has 2 amide bonds. The van der Waals surface area contributed by atoms with Gasteiger partial charge in [-0.05, 0) is 56.2 Å². The van der Waals surface area contributed by atoms with Gasteiger partial charge in [0.15, 0.2) is 0 Å². The van der Waals surface area contributed by atoms with E-state index in [2.05, 4.69) is 15.6 Å². The van der Waals surface area contributed by atoms with E-state index in [-0.39, 0.29) is 6.42 Å². The molecule has 0 saturated heterocycles. The van der Waals surface area contributed by atoms with Gasteiger partial charge in [-0.25, -0.2) is 0 Å². The van der Waals surface area contributed by atoms with Crippen LogP contribution in [0.3, 0.4) is 0 Å². The number of pyridine rings is 1. The van der Waals surface area contributed by atoms with E-state index >= 15 is 0 Å². The zero-order valence-corrected chi connectivity index (χ0v) is 20.0. The standard InChI is InChI=1S/C28H29N3O4/c1-17-10-4-6-12-19(17)30-26(33)24-22(32)16-28(3,35)25(23(24)21-14-8-9-15-29-21)27(34)31-20-13-7-5-11-18(20)2/h4-15,23-25,35H,16H2,1-3H3,(H,30,33)(H,31,34)/t23-,24+,25-,28-/m0/s1. The summed E-state index contributed by atoms with van der Waals surface area (Å²) in [7, 11) is 0. The molecule has 3 N–H and O–H groups in total. The van der Waals surface area contributed by atoms with Crippen molar-refractivity contribution in [1.29, 1.82) is 0 Å². The molecular formula is C28H29N3O4. The quantitative estimate of drug-likeness (QED) is 0.487. The minimum atomic E-state index is -1.68. The number of amides is 2. The van der Waals surface area contributed by atoms with Crippen LogP contribution in [0.15, 0.2) is 72.9 Å². The molecule has 0 aliphatic heterocycles. The van der Waals surface area contributed by atoms with E-state index < -0.39 is 41.0 Å². The van der Waals surface area contributed by atoms with E-state index in [1.54, 1.807) is 48.7 Å². The predicted octanol–water partition coefficient (Wildman–Crippen LogP) is 4.02. The van der Waals surface area contributed by atoms with Gasteiger partial charge in [0.2, 0.25) is 11.8 Å². The number of para-hydroxylation sites is 2. The summed E-state index contributed by atoms with van der Waals surface area (Å²) < 4.78 is 0. The average molecular weight is 472 g/mol. The molecule has 0 spiro atoms. The first kappa shape index (κ1) is 24.3. The van der Waals surface area contributed by atoms with Gasteiger partial charge in [0, 0.05) is 35.6 Å². The second-order valence-electron chi connectivity index (χ2n) is 9.34. The Labute approximate surface area is 204 Å². The summed E-state index contributed by atoms with van der Waals surface area (Å²) in [6, 6.07) is 19.7. The Bertz CT molecular complexity index is 1260. The van der Waals surface area contributed by atoms with Crippen molar-refractivity contribution in [3.8, 4) is 0 Å². The van der Waals surface area contributed by atoms with Crippen molar-refractivity contribution >= 4 is 29.0 Å². The number of nitrogens with one attached hydrogen (secondary N) is 2. The topological polar surface area (TPSA) is 108 Å². The second kappa shape index (κ2) is 9.80. The fourth-order valence-electron chi connectivity index (χ4n) is 4.87. The van der Waals surface area contributed by atoms with E-state index in [1.165, 1.54) is 6.92 Å². The second-order valence-corrected chi connectivity index (χ2v) is 9.34. The molecule has 3 aromatic rings. The lowest BCUT2D eigenvalue weighted by Gasteiger charge is -2.44. The molecule has 0 radical (unpaired) electrons. The van der Waals surface area contributed by atoms with Crippen molar-refractivity contribution in [2.24, 2.45) is 11.8 Å². The summed E-state index contributed by atoms with van der Waals surface area (Å²) in [5.74, 6) is -4.68. The van der Waals surface area contributed by atoms with E-state index in [1.807, 2.05) is 38.1 Å². The summed E-state index contributed by atoms with van der Waals surface area (Å²) in [5, 5.41) is 17.1. The summed E-state index contributed by atoms with van der Waals surface area (Å²) in [6.07, 6.45) is 1.23. The number of anilines is 2. The molecular weight excluding hydrogens is 442 g/mol. The van der Waals surface area contributed by atoms with Crippen molar-refractivity contribution in [2.45, 2.75) is 38.7 Å². The molecule has 180 valence electrons. The monoisotopic (exact) mass is 471 g/mol. The molecule has 2 aromatic carbocycles. The molecule has 1 aliphatic carbocycles. The lowest BCUT2D eigenvalue weighted by Crippen LogP contribution is -2.56. The van der Waals surface area contributed by atoms with Crippen LogP contribution in [-0.2, 0) is 14.4 Å². The van der Waals surface area contributed by atoms with Crippen LogP contribution in [0.25, 0.3) is 0 Å². The third kappa shape index (κ3) is 5.00. The zero-order chi connectivity index (χ0) is 25.2. The Kier molecular flexibility index (Phi) is 6.80. The first-order valence-electron chi connectivity index (χ1n) is 11.6. The number of carbonyl (C=O) groups excluding carboxylic acids is 3. The summed E-state index contributed by atoms with van der Waals surface area (Å²) in [5.41, 5.74) is 1.62. The lowest BCUT2D eigenvalue weighted by atomic mass is 9.62. The Morgan fingerprint density at radius 3 is 1.97 bits per heavy atom. The van der Waals surface area contributed by atoms with Crippen LogP contribution in [0.5, 0.6) is 0 Å². The number of aliphatic hydroxyl groups is 1. The first-order valence-corrected chi connectivity index (χ1v) is 11.6. The number of nitrogens with zero attached hydrogens (tertiary/aromatic N) is 1. The summed E-state index contributed by atoms with van der Waals surface area (Å²) in [4.78, 5) is 44.9. The highest BCUT2D eigenvalue weighted by atomic mass is 16.3. The van der Waals surface area contributed by atoms with E-state index in [9.17, 15) is 19.5 Å². The van der Waals surface area contributed by atoms with Gasteiger partial charge in [-0.15, -0.1) is 0 Å². The Hall–Kier alpha value is -3.84. The predicted molar refractivity (Wildman–Crippen MR) is 134 cm³/mol. The van der Waals surface area contributed by atoms with Crippen LogP contribution in [-0.4, -0.2) is 33.3 Å². The van der Waals surface area contributed by atoms with Gasteiger partial charge in [-0.3, -0.25) is 19.4 Å². The van der Waals surface area contributed by atoms with E-state index in [4.69, 9.17) is 0 Å². The molecule has 0 unspecified atom stereocenters. The molecule has 1 saturated carbocycles. The number of aromatic nitrogens is 1. The van der Waals surface area contributed by atoms with Crippen molar-refractivity contribution in [2.75, 3.05) is 10.6 Å². The normalized spacial score (nSPS) is 24.0. The molecule has 4 atom stereocenters. The van der Waals surface area contributed by atoms with Crippen molar-refractivity contribution in [3.63, 3.8) is 0 Å². The Morgan fingerprint density at radius 1 is 0.886 bits per heavy atom. The van der Waals surface area contributed by atoms with Crippen LogP contribution in [0, 0.1) is 25.7 Å². The maximum Gasteiger partial charge on any atom is 0.235 e. The molecule has 4 rings (SSSR count). The number of aryl methyl sites for hydroxylation is 2. The largest absolute Gasteiger partial charge is 0.389 e. The number of ketones is 1. The van der Waals surface area contributed by atoms with Crippen LogP contribution in [0.2, 0.25) is 0 Å². The van der Waals surface area contributed by atoms with Gasteiger partial charge >= 0.3 is 0 Å². The van der Waals surface area contributed by atoms with Crippen LogP contribution in [0.1, 0.15) is 36.1 Å². The highest BCUT2D eigenvalue weighted by Crippen LogP contribution is 2.46. The number of benzene rings is 2. The number of carbonyl (C=O) groups is 3. The van der Waals surface area contributed by atoms with Crippen LogP contribution in [0.4, 0.5) is 11.4 Å². The van der Waals surface area contributed by atoms with Crippen LogP contribution >= 0.6 is 0 Å². The van der Waals surface area contributed by atoms with Gasteiger partial charge in [0.05, 0.1) is 11.5 Å². The number of hydrogen-bond donors (Lipinski definition) is 3. The first-order chi connectivity index (χ1) is 16.7. The third-order valence-corrected chi connectivity index (χ3v) is 6.67. The molecule has 35 heavy (non-hydrogen) atoms. The fourth-order valence-corrected chi connectivity index (χ4v) is 4.87. The SMILES string of the molecule is Cc1ccccc1NC(=O)[C@@H]1C(=O)C[C@](C)(O)[C@H](C(=O)Nc2ccccc2C)[C@H]1c1ccccn1. The minimum Gasteiger partial charge on any atom is -0.389 e. The molecule has 1 fully saturated rings. The lowest BCUT2D eigenvalue weighted by molar-refractivity contribution is -0.151. The van der Waals surface area contributed by atoms with E-state index in [0.717, 1.165) is 11.1 Å². The highest BCUT2D eigenvalue weighted by molar-refractivity contribution is 6.10. The smallest absolute Gasteiger partial charge is 0.235 e. The van der Waals surface area contributed by atoms with Gasteiger partial charge in [0.25, 0.3) is 0 Å². The van der Waals surface area contributed by atoms with Crippen LogP contribution < -0.4 is 10.6 Å². The van der Waals surface area contributed by atoms with Crippen molar-refractivity contribution < 1.29 is 19.5 Å². The van der Waals surface area contributed by atoms with Gasteiger partial charge in [-0.2, -0.15) is 0 Å². The molecule has 0 bridgehead atoms. The van der Waals surface area contributed by atoms with Crippen molar-refractivity contribution in [3.05, 3.63) is 89.7 Å². The number of Topliss-reactive ketones (excluding diaryl/α,β-unsaturated/α-hetero) is 1. The molecule has 7 heteroatoms. The average Bonchev–Trinajstić information content (AvgIpc) is 2.81. The minimum absolute atomic E-state index is 0.325. The van der Waals surface area contributed by atoms with Crippen molar-refractivity contribution in [1.82, 2.24) is 4.98 Å². The summed E-state index contributed by atoms with van der Waals surface area (Å²) >= 11 is 0. The van der Waals surface area contributed by atoms with Gasteiger partial charge < -0.3 is 15.7 Å². The number of rotatable bonds is 5. The fraction of sp³-hybridized carbons (Fsp3) is 0.286. The molecule has 1 aliphatic rings. The van der Waals surface area contributed by atoms with Gasteiger partial charge in [0.1, 0.15) is 11.7 Å². The Balaban J connectivity index is 1.76. The highest BCUT2D eigenvalue weighted by Gasteiger charge is 2.56. The molecule has 1 heterocycles. The molecule has 7 nitrogen and oxygen atoms in total. The Morgan fingerprint density at radius 2 is 1.43 bits per heavy atom. The maximum atomic E-state index is 13.7. The zero-order valence-electron chi connectivity index (χ0n) is 20.0. The third-order valence-electron chi connectivity index (χ3n) is 6.67.